The van der Waals surface area contributed by atoms with Gasteiger partial charge in [0.2, 0.25) is 5.91 Å². The third-order valence-corrected chi connectivity index (χ3v) is 6.71. The number of nitrogens with one attached hydrogen (secondary N) is 1. The van der Waals surface area contributed by atoms with Crippen molar-refractivity contribution in [1.29, 1.82) is 0 Å². The van der Waals surface area contributed by atoms with Crippen LogP contribution in [0.1, 0.15) is 6.42 Å². The fourth-order valence-corrected chi connectivity index (χ4v) is 4.83. The topological polar surface area (TPSA) is 76.2 Å². The number of hydrogen-bond acceptors (Lipinski definition) is 8. The number of nitrogens with zero attached hydrogens (tertiary/aromatic N) is 3. The summed E-state index contributed by atoms with van der Waals surface area (Å²) in [6.45, 7) is 5.53. The molecule has 0 atom stereocenters. The van der Waals surface area contributed by atoms with Crippen LogP contribution in [0, 0.1) is 0 Å². The molecule has 2 aromatic carbocycles. The Morgan fingerprint density at radius 3 is 2.58 bits per heavy atom. The zero-order chi connectivity index (χ0) is 23.0. The first-order chi connectivity index (χ1) is 16.2. The van der Waals surface area contributed by atoms with Crippen LogP contribution < -0.4 is 24.4 Å². The lowest BCUT2D eigenvalue weighted by atomic mass is 10.3. The molecule has 3 aromatic rings. The van der Waals surface area contributed by atoms with Crippen molar-refractivity contribution >= 4 is 32.6 Å². The number of benzene rings is 2. The highest BCUT2D eigenvalue weighted by Crippen LogP contribution is 2.40. The van der Waals surface area contributed by atoms with E-state index >= 15 is 0 Å². The molecule has 33 heavy (non-hydrogen) atoms. The molecule has 1 aromatic heterocycles. The Kier molecular flexibility index (Phi) is 7.85. The molecular formula is C24H30N4O4S. The second-order valence-corrected chi connectivity index (χ2v) is 8.74. The highest BCUT2D eigenvalue weighted by molar-refractivity contribution is 7.22. The third-order valence-electron chi connectivity index (χ3n) is 5.63. The number of carbonyl (C=O) groups excluding carboxylic acids is 1. The Bertz CT molecular complexity index is 1050. The van der Waals surface area contributed by atoms with Gasteiger partial charge in [0.25, 0.3) is 0 Å². The summed E-state index contributed by atoms with van der Waals surface area (Å²) in [6, 6.07) is 13.5. The maximum atomic E-state index is 12.1. The van der Waals surface area contributed by atoms with Crippen molar-refractivity contribution in [3.8, 4) is 17.2 Å². The monoisotopic (exact) mass is 470 g/mol. The fourth-order valence-electron chi connectivity index (χ4n) is 3.82. The first-order valence-electron chi connectivity index (χ1n) is 11.1. The predicted octanol–water partition coefficient (Wildman–Crippen LogP) is 3.02. The van der Waals surface area contributed by atoms with E-state index in [1.165, 1.54) is 0 Å². The zero-order valence-corrected chi connectivity index (χ0v) is 19.9. The molecule has 1 saturated heterocycles. The molecule has 176 valence electrons. The molecule has 1 aliphatic rings. The quantitative estimate of drug-likeness (QED) is 0.488. The maximum absolute atomic E-state index is 12.1. The Morgan fingerprint density at radius 2 is 1.85 bits per heavy atom. The Balaban J connectivity index is 1.19. The van der Waals surface area contributed by atoms with Crippen molar-refractivity contribution in [2.75, 3.05) is 65.0 Å². The lowest BCUT2D eigenvalue weighted by molar-refractivity contribution is -0.121. The van der Waals surface area contributed by atoms with E-state index in [2.05, 4.69) is 15.1 Å². The van der Waals surface area contributed by atoms with E-state index in [9.17, 15) is 4.79 Å². The molecule has 0 aliphatic carbocycles. The summed E-state index contributed by atoms with van der Waals surface area (Å²) in [7, 11) is 3.28. The van der Waals surface area contributed by atoms with Crippen LogP contribution in [-0.2, 0) is 4.79 Å². The fraction of sp³-hybridized carbons (Fsp3) is 0.417. The number of ether oxygens (including phenoxy) is 3. The van der Waals surface area contributed by atoms with E-state index in [0.29, 0.717) is 31.1 Å². The summed E-state index contributed by atoms with van der Waals surface area (Å²) in [5.74, 6) is 2.18. The van der Waals surface area contributed by atoms with Crippen molar-refractivity contribution in [1.82, 2.24) is 15.2 Å². The summed E-state index contributed by atoms with van der Waals surface area (Å²) in [5.41, 5.74) is 0.846. The summed E-state index contributed by atoms with van der Waals surface area (Å²) in [5, 5.41) is 3.99. The zero-order valence-electron chi connectivity index (χ0n) is 19.1. The Morgan fingerprint density at radius 1 is 1.06 bits per heavy atom. The van der Waals surface area contributed by atoms with E-state index in [4.69, 9.17) is 19.2 Å². The number of amides is 1. The van der Waals surface area contributed by atoms with Crippen LogP contribution in [-0.4, -0.2) is 75.9 Å². The second kappa shape index (κ2) is 11.2. The van der Waals surface area contributed by atoms with Crippen molar-refractivity contribution < 1.29 is 19.0 Å². The molecule has 1 fully saturated rings. The first kappa shape index (κ1) is 23.1. The summed E-state index contributed by atoms with van der Waals surface area (Å²) in [6.07, 6.45) is 0.356. The number of aromatic nitrogens is 1. The number of thiazole rings is 1. The number of piperazine rings is 1. The molecule has 1 aliphatic heterocycles. The van der Waals surface area contributed by atoms with Gasteiger partial charge in [-0.1, -0.05) is 29.5 Å². The molecule has 0 radical (unpaired) electrons. The Hall–Kier alpha value is -3.04. The lowest BCUT2D eigenvalue weighted by Gasteiger charge is -2.34. The minimum atomic E-state index is 0.0171. The van der Waals surface area contributed by atoms with Gasteiger partial charge in [-0.2, -0.15) is 0 Å². The summed E-state index contributed by atoms with van der Waals surface area (Å²) >= 11 is 1.67. The van der Waals surface area contributed by atoms with E-state index < -0.39 is 0 Å². The molecule has 9 heteroatoms. The minimum absolute atomic E-state index is 0.0171. The molecule has 0 saturated carbocycles. The number of fused-ring (bicyclic) bond motifs is 1. The summed E-state index contributed by atoms with van der Waals surface area (Å²) < 4.78 is 17.6. The van der Waals surface area contributed by atoms with Crippen molar-refractivity contribution in [2.24, 2.45) is 0 Å². The Labute approximate surface area is 198 Å². The number of rotatable bonds is 10. The molecule has 0 bridgehead atoms. The van der Waals surface area contributed by atoms with E-state index in [1.54, 1.807) is 25.6 Å². The highest BCUT2D eigenvalue weighted by atomic mass is 32.1. The normalized spacial score (nSPS) is 14.3. The van der Waals surface area contributed by atoms with Gasteiger partial charge in [-0.05, 0) is 24.3 Å². The van der Waals surface area contributed by atoms with Gasteiger partial charge >= 0.3 is 0 Å². The van der Waals surface area contributed by atoms with Crippen LogP contribution in [0.15, 0.2) is 42.5 Å². The van der Waals surface area contributed by atoms with Gasteiger partial charge in [-0.15, -0.1) is 0 Å². The van der Waals surface area contributed by atoms with Crippen molar-refractivity contribution in [3.05, 3.63) is 42.5 Å². The van der Waals surface area contributed by atoms with E-state index in [0.717, 1.165) is 53.8 Å². The second-order valence-electron chi connectivity index (χ2n) is 7.73. The van der Waals surface area contributed by atoms with Gasteiger partial charge < -0.3 is 24.4 Å². The lowest BCUT2D eigenvalue weighted by Crippen LogP contribution is -2.48. The molecule has 1 N–H and O–H groups in total. The van der Waals surface area contributed by atoms with Crippen LogP contribution in [0.25, 0.3) is 10.2 Å². The average Bonchev–Trinajstić information content (AvgIpc) is 3.29. The average molecular weight is 471 g/mol. The van der Waals surface area contributed by atoms with Crippen LogP contribution in [0.2, 0.25) is 0 Å². The van der Waals surface area contributed by atoms with Crippen LogP contribution >= 0.6 is 11.3 Å². The van der Waals surface area contributed by atoms with Gasteiger partial charge in [0.05, 0.1) is 31.9 Å². The van der Waals surface area contributed by atoms with Gasteiger partial charge in [-0.25, -0.2) is 4.98 Å². The number of carbonyl (C=O) groups is 1. The highest BCUT2D eigenvalue weighted by Gasteiger charge is 2.21. The number of anilines is 1. The van der Waals surface area contributed by atoms with Crippen LogP contribution in [0.3, 0.4) is 0 Å². The first-order valence-corrected chi connectivity index (χ1v) is 11.9. The molecule has 4 rings (SSSR count). The SMILES string of the molecule is COc1ccc2sc(N3CCN(CCNC(=O)CCOc4ccccc4)CC3)nc2c1OC. The molecule has 0 unspecified atom stereocenters. The predicted molar refractivity (Wildman–Crippen MR) is 131 cm³/mol. The third kappa shape index (κ3) is 5.85. The number of hydrogen-bond donors (Lipinski definition) is 1. The molecular weight excluding hydrogens is 440 g/mol. The summed E-state index contributed by atoms with van der Waals surface area (Å²) in [4.78, 5) is 21.6. The standard InChI is InChI=1S/C24H30N4O4S/c1-30-19-8-9-20-22(23(19)31-2)26-24(33-20)28-15-13-27(14-16-28)12-11-25-21(29)10-17-32-18-6-4-3-5-7-18/h3-9H,10-17H2,1-2H3,(H,25,29). The number of methoxy groups -OCH3 is 2. The van der Waals surface area contributed by atoms with Crippen LogP contribution in [0.5, 0.6) is 17.2 Å². The number of para-hydroxylation sites is 1. The minimum Gasteiger partial charge on any atom is -0.493 e. The largest absolute Gasteiger partial charge is 0.493 e. The molecule has 0 spiro atoms. The van der Waals surface area contributed by atoms with Crippen LogP contribution in [0.4, 0.5) is 5.13 Å². The van der Waals surface area contributed by atoms with Gasteiger partial charge in [0.1, 0.15) is 11.3 Å². The van der Waals surface area contributed by atoms with E-state index in [-0.39, 0.29) is 5.91 Å². The smallest absolute Gasteiger partial charge is 0.223 e. The van der Waals surface area contributed by atoms with Crippen molar-refractivity contribution in [2.45, 2.75) is 6.42 Å². The van der Waals surface area contributed by atoms with Gasteiger partial charge in [0.15, 0.2) is 16.6 Å². The van der Waals surface area contributed by atoms with Gasteiger partial charge in [-0.3, -0.25) is 9.69 Å². The molecule has 1 amide bonds. The molecule has 2 heterocycles. The molecule has 8 nitrogen and oxygen atoms in total. The van der Waals surface area contributed by atoms with Gasteiger partial charge in [0, 0.05) is 39.3 Å². The van der Waals surface area contributed by atoms with Crippen molar-refractivity contribution in [3.63, 3.8) is 0 Å². The van der Waals surface area contributed by atoms with E-state index in [1.807, 2.05) is 42.5 Å². The maximum Gasteiger partial charge on any atom is 0.223 e.